The number of sulfonamides is 1. The van der Waals surface area contributed by atoms with Crippen LogP contribution in [0.25, 0.3) is 11.3 Å². The minimum Gasteiger partial charge on any atom is -0.467 e. The van der Waals surface area contributed by atoms with Crippen LogP contribution in [-0.4, -0.2) is 38.8 Å². The summed E-state index contributed by atoms with van der Waals surface area (Å²) < 4.78 is 35.6. The highest BCUT2D eigenvalue weighted by molar-refractivity contribution is 7.92. The lowest BCUT2D eigenvalue weighted by Crippen LogP contribution is -2.33. The van der Waals surface area contributed by atoms with Gasteiger partial charge in [-0.15, -0.1) is 0 Å². The Labute approximate surface area is 169 Å². The van der Waals surface area contributed by atoms with Crippen molar-refractivity contribution in [2.75, 3.05) is 23.4 Å². The molecule has 152 valence electrons. The second kappa shape index (κ2) is 8.78. The number of anilines is 2. The lowest BCUT2D eigenvalue weighted by molar-refractivity contribution is -0.141. The van der Waals surface area contributed by atoms with Crippen LogP contribution in [0.3, 0.4) is 0 Å². The molecule has 0 fully saturated rings. The molecule has 0 saturated heterocycles. The van der Waals surface area contributed by atoms with Crippen molar-refractivity contribution in [3.63, 3.8) is 0 Å². The maximum absolute atomic E-state index is 12.2. The number of esters is 1. The minimum absolute atomic E-state index is 0.203. The SMILES string of the molecule is COC(=O)[C@H](Cc1ccc(NS(C)(=O)=O)cc1)Nc1ncc(-c2ccccc2)o1. The summed E-state index contributed by atoms with van der Waals surface area (Å²) in [7, 11) is -2.04. The van der Waals surface area contributed by atoms with Gasteiger partial charge in [0.1, 0.15) is 6.04 Å². The van der Waals surface area contributed by atoms with Crippen molar-refractivity contribution in [1.29, 1.82) is 0 Å². The molecular formula is C20H21N3O5S. The molecule has 3 rings (SSSR count). The van der Waals surface area contributed by atoms with Gasteiger partial charge in [0.2, 0.25) is 10.0 Å². The van der Waals surface area contributed by atoms with E-state index >= 15 is 0 Å². The number of carbonyl (C=O) groups excluding carboxylic acids is 1. The molecule has 0 radical (unpaired) electrons. The summed E-state index contributed by atoms with van der Waals surface area (Å²) in [5.41, 5.74) is 2.12. The topological polar surface area (TPSA) is 111 Å². The predicted molar refractivity (Wildman–Crippen MR) is 110 cm³/mol. The summed E-state index contributed by atoms with van der Waals surface area (Å²) in [6.45, 7) is 0. The van der Waals surface area contributed by atoms with E-state index in [1.54, 1.807) is 30.5 Å². The highest BCUT2D eigenvalue weighted by Crippen LogP contribution is 2.23. The molecule has 1 aromatic heterocycles. The Bertz CT molecular complexity index is 1060. The van der Waals surface area contributed by atoms with Crippen LogP contribution in [0.1, 0.15) is 5.56 Å². The Morgan fingerprint density at radius 3 is 2.45 bits per heavy atom. The lowest BCUT2D eigenvalue weighted by atomic mass is 10.1. The summed E-state index contributed by atoms with van der Waals surface area (Å²) in [5, 5.41) is 2.96. The number of nitrogens with zero attached hydrogens (tertiary/aromatic N) is 1. The van der Waals surface area contributed by atoms with E-state index in [9.17, 15) is 13.2 Å². The molecule has 0 unspecified atom stereocenters. The first-order valence-corrected chi connectivity index (χ1v) is 10.7. The van der Waals surface area contributed by atoms with Crippen LogP contribution in [0.5, 0.6) is 0 Å². The molecule has 0 bridgehead atoms. The molecule has 0 aliphatic heterocycles. The second-order valence-electron chi connectivity index (χ2n) is 6.39. The zero-order valence-electron chi connectivity index (χ0n) is 16.0. The third-order valence-electron chi connectivity index (χ3n) is 4.04. The normalized spacial score (nSPS) is 12.2. The highest BCUT2D eigenvalue weighted by atomic mass is 32.2. The Balaban J connectivity index is 1.72. The molecule has 0 aliphatic rings. The number of rotatable bonds is 8. The molecule has 1 atom stereocenters. The number of hydrogen-bond donors (Lipinski definition) is 2. The molecule has 0 saturated carbocycles. The molecule has 8 nitrogen and oxygen atoms in total. The first-order chi connectivity index (χ1) is 13.8. The number of benzene rings is 2. The van der Waals surface area contributed by atoms with Gasteiger partial charge in [-0.2, -0.15) is 0 Å². The first-order valence-electron chi connectivity index (χ1n) is 8.76. The lowest BCUT2D eigenvalue weighted by Gasteiger charge is -2.15. The molecule has 2 N–H and O–H groups in total. The van der Waals surface area contributed by atoms with Crippen molar-refractivity contribution in [2.24, 2.45) is 0 Å². The first kappa shape index (κ1) is 20.4. The number of oxazole rings is 1. The van der Waals surface area contributed by atoms with E-state index in [4.69, 9.17) is 9.15 Å². The van der Waals surface area contributed by atoms with Crippen molar-refractivity contribution in [3.05, 3.63) is 66.4 Å². The van der Waals surface area contributed by atoms with Crippen molar-refractivity contribution < 1.29 is 22.4 Å². The van der Waals surface area contributed by atoms with Gasteiger partial charge in [-0.1, -0.05) is 42.5 Å². The van der Waals surface area contributed by atoms with Crippen molar-refractivity contribution >= 4 is 27.7 Å². The van der Waals surface area contributed by atoms with E-state index in [-0.39, 0.29) is 6.01 Å². The Hall–Kier alpha value is -3.33. The molecule has 3 aromatic rings. The second-order valence-corrected chi connectivity index (χ2v) is 8.14. The highest BCUT2D eigenvalue weighted by Gasteiger charge is 2.22. The zero-order chi connectivity index (χ0) is 20.9. The van der Waals surface area contributed by atoms with Crippen molar-refractivity contribution in [3.8, 4) is 11.3 Å². The average molecular weight is 415 g/mol. The third-order valence-corrected chi connectivity index (χ3v) is 4.65. The summed E-state index contributed by atoms with van der Waals surface area (Å²) >= 11 is 0. The number of methoxy groups -OCH3 is 1. The molecule has 0 aliphatic carbocycles. The van der Waals surface area contributed by atoms with Crippen LogP contribution in [0.2, 0.25) is 0 Å². The van der Waals surface area contributed by atoms with Gasteiger partial charge in [0.25, 0.3) is 6.01 Å². The van der Waals surface area contributed by atoms with Gasteiger partial charge >= 0.3 is 5.97 Å². The minimum atomic E-state index is -3.35. The van der Waals surface area contributed by atoms with E-state index in [1.807, 2.05) is 30.3 Å². The quantitative estimate of drug-likeness (QED) is 0.544. The number of carbonyl (C=O) groups is 1. The third kappa shape index (κ3) is 5.82. The number of hydrogen-bond acceptors (Lipinski definition) is 7. The van der Waals surface area contributed by atoms with Gasteiger partial charge < -0.3 is 14.5 Å². The van der Waals surface area contributed by atoms with Gasteiger partial charge in [0.05, 0.1) is 19.6 Å². The van der Waals surface area contributed by atoms with Crippen LogP contribution in [0.15, 0.2) is 65.2 Å². The van der Waals surface area contributed by atoms with E-state index in [0.717, 1.165) is 17.4 Å². The maximum atomic E-state index is 12.2. The summed E-state index contributed by atoms with van der Waals surface area (Å²) in [5.74, 6) is 0.107. The van der Waals surface area contributed by atoms with Gasteiger partial charge in [0.15, 0.2) is 5.76 Å². The van der Waals surface area contributed by atoms with E-state index in [0.29, 0.717) is 17.9 Å². The summed E-state index contributed by atoms with van der Waals surface area (Å²) in [6, 6.07) is 15.7. The smallest absolute Gasteiger partial charge is 0.328 e. The predicted octanol–water partition coefficient (Wildman–Crippen LogP) is 2.91. The van der Waals surface area contributed by atoms with Gasteiger partial charge in [-0.25, -0.2) is 18.2 Å². The van der Waals surface area contributed by atoms with E-state index < -0.39 is 22.0 Å². The monoisotopic (exact) mass is 415 g/mol. The van der Waals surface area contributed by atoms with E-state index in [1.165, 1.54) is 7.11 Å². The van der Waals surface area contributed by atoms with Crippen LogP contribution < -0.4 is 10.0 Å². The molecular weight excluding hydrogens is 394 g/mol. The number of nitrogens with one attached hydrogen (secondary N) is 2. The van der Waals surface area contributed by atoms with Gasteiger partial charge in [-0.3, -0.25) is 4.72 Å². The molecule has 0 spiro atoms. The van der Waals surface area contributed by atoms with Crippen molar-refractivity contribution in [1.82, 2.24) is 4.98 Å². The summed E-state index contributed by atoms with van der Waals surface area (Å²) in [4.78, 5) is 16.4. The number of ether oxygens (including phenoxy) is 1. The maximum Gasteiger partial charge on any atom is 0.328 e. The van der Waals surface area contributed by atoms with Crippen LogP contribution in [0.4, 0.5) is 11.7 Å². The number of aromatic nitrogens is 1. The molecule has 0 amide bonds. The average Bonchev–Trinajstić information content (AvgIpc) is 3.16. The molecule has 29 heavy (non-hydrogen) atoms. The van der Waals surface area contributed by atoms with Gasteiger partial charge in [0, 0.05) is 17.7 Å². The standard InChI is InChI=1S/C20H21N3O5S/c1-27-19(24)17(12-14-8-10-16(11-9-14)23-29(2,25)26)22-20-21-13-18(28-20)15-6-4-3-5-7-15/h3-11,13,17,23H,12H2,1-2H3,(H,21,22)/t17-/m0/s1. The summed E-state index contributed by atoms with van der Waals surface area (Å²) in [6.07, 6.45) is 2.96. The van der Waals surface area contributed by atoms with Crippen LogP contribution in [0, 0.1) is 0 Å². The van der Waals surface area contributed by atoms with Crippen LogP contribution >= 0.6 is 0 Å². The fourth-order valence-electron chi connectivity index (χ4n) is 2.72. The van der Waals surface area contributed by atoms with Gasteiger partial charge in [-0.05, 0) is 17.7 Å². The Morgan fingerprint density at radius 1 is 1.14 bits per heavy atom. The fraction of sp³-hybridized carbons (Fsp3) is 0.200. The fourth-order valence-corrected chi connectivity index (χ4v) is 3.28. The largest absolute Gasteiger partial charge is 0.467 e. The molecule has 1 heterocycles. The van der Waals surface area contributed by atoms with Crippen molar-refractivity contribution in [2.45, 2.75) is 12.5 Å². The van der Waals surface area contributed by atoms with Crippen LogP contribution in [-0.2, 0) is 26.0 Å². The molecule has 2 aromatic carbocycles. The molecule has 9 heteroatoms. The Kier molecular flexibility index (Phi) is 6.18. The zero-order valence-corrected chi connectivity index (χ0v) is 16.8. The van der Waals surface area contributed by atoms with E-state index in [2.05, 4.69) is 15.0 Å². The Morgan fingerprint density at radius 2 is 1.83 bits per heavy atom.